The van der Waals surface area contributed by atoms with Crippen LogP contribution in [0.1, 0.15) is 56.8 Å². The Labute approximate surface area is 257 Å². The number of nitrogens with one attached hydrogen (secondary N) is 2. The Morgan fingerprint density at radius 2 is 1.33 bits per heavy atom. The van der Waals surface area contributed by atoms with Crippen LogP contribution in [0, 0.1) is 0 Å². The molecule has 43 heavy (non-hydrogen) atoms. The topological polar surface area (TPSA) is 127 Å². The zero-order chi connectivity index (χ0) is 30.3. The fraction of sp³-hybridized carbons (Fsp3) is 0.188. The average Bonchev–Trinajstić information content (AvgIpc) is 2.99. The van der Waals surface area contributed by atoms with Crippen molar-refractivity contribution in [2.75, 3.05) is 5.32 Å². The number of ether oxygens (including phenoxy) is 2. The molecule has 3 aromatic carbocycles. The Balaban J connectivity index is 1.08. The molecule has 5 rings (SSSR count). The van der Waals surface area contributed by atoms with Crippen LogP contribution in [-0.4, -0.2) is 40.0 Å². The Morgan fingerprint density at radius 3 is 1.95 bits per heavy atom. The van der Waals surface area contributed by atoms with Gasteiger partial charge in [0.05, 0.1) is 17.4 Å². The van der Waals surface area contributed by atoms with E-state index in [1.165, 1.54) is 24.3 Å². The lowest BCUT2D eigenvalue weighted by Gasteiger charge is -2.29. The summed E-state index contributed by atoms with van der Waals surface area (Å²) in [6.45, 7) is 0. The van der Waals surface area contributed by atoms with Crippen molar-refractivity contribution in [1.82, 2.24) is 10.3 Å². The van der Waals surface area contributed by atoms with Gasteiger partial charge in [-0.25, -0.2) is 9.78 Å². The summed E-state index contributed by atoms with van der Waals surface area (Å²) >= 11 is 11.8. The van der Waals surface area contributed by atoms with E-state index in [9.17, 15) is 19.5 Å². The standard InChI is InChI=1S/C32H27Cl2N3O6/c33-28-17-20(18-29(34)37-28)31(39)35-21-7-11-23(12-8-21)43-25-15-13-24(14-16-25)42-22-9-5-19(6-10-22)30(38)36-27-4-2-1-3-26(27)32(40)41/h1-6,9-10,13-18,21,23H,7-8,11-12H2,(H,35,39)(H,36,38)(H,40,41). The zero-order valence-corrected chi connectivity index (χ0v) is 24.3. The normalized spacial score (nSPS) is 16.1. The second-order valence-electron chi connectivity index (χ2n) is 9.97. The van der Waals surface area contributed by atoms with Crippen molar-refractivity contribution >= 4 is 46.7 Å². The van der Waals surface area contributed by atoms with Crippen molar-refractivity contribution < 1.29 is 29.0 Å². The van der Waals surface area contributed by atoms with E-state index in [-0.39, 0.29) is 39.6 Å². The number of carboxylic acids is 1. The summed E-state index contributed by atoms with van der Waals surface area (Å²) in [7, 11) is 0. The fourth-order valence-electron chi connectivity index (χ4n) is 4.75. The third-order valence-corrected chi connectivity index (χ3v) is 7.31. The first-order chi connectivity index (χ1) is 20.7. The highest BCUT2D eigenvalue weighted by Gasteiger charge is 2.24. The van der Waals surface area contributed by atoms with Crippen LogP contribution in [0.3, 0.4) is 0 Å². The molecule has 0 atom stereocenters. The van der Waals surface area contributed by atoms with Crippen LogP contribution in [0.15, 0.2) is 84.9 Å². The SMILES string of the molecule is O=C(Nc1ccccc1C(=O)O)c1ccc(Oc2ccc(OC3CCC(NC(=O)c4cc(Cl)nc(Cl)c4)CC3)cc2)cc1. The van der Waals surface area contributed by atoms with Crippen LogP contribution < -0.4 is 20.1 Å². The van der Waals surface area contributed by atoms with Gasteiger partial charge < -0.3 is 25.2 Å². The fourth-order valence-corrected chi connectivity index (χ4v) is 5.21. The minimum absolute atomic E-state index is 0.0126. The van der Waals surface area contributed by atoms with Crippen molar-refractivity contribution in [3.8, 4) is 17.2 Å². The van der Waals surface area contributed by atoms with E-state index in [1.54, 1.807) is 48.5 Å². The zero-order valence-electron chi connectivity index (χ0n) is 22.8. The molecule has 1 aromatic heterocycles. The van der Waals surface area contributed by atoms with E-state index in [4.69, 9.17) is 32.7 Å². The van der Waals surface area contributed by atoms with E-state index in [0.29, 0.717) is 22.6 Å². The minimum Gasteiger partial charge on any atom is -0.490 e. The molecule has 9 nitrogen and oxygen atoms in total. The molecule has 1 saturated carbocycles. The molecule has 0 unspecified atom stereocenters. The first-order valence-corrected chi connectivity index (χ1v) is 14.3. The smallest absolute Gasteiger partial charge is 0.337 e. The number of aromatic carboxylic acids is 1. The number of carbonyl (C=O) groups is 3. The molecule has 0 bridgehead atoms. The number of pyridine rings is 1. The van der Waals surface area contributed by atoms with Crippen molar-refractivity contribution in [2.24, 2.45) is 0 Å². The van der Waals surface area contributed by atoms with Gasteiger partial charge in [0, 0.05) is 17.2 Å². The molecule has 2 amide bonds. The molecular weight excluding hydrogens is 593 g/mol. The summed E-state index contributed by atoms with van der Waals surface area (Å²) in [4.78, 5) is 40.4. The number of aromatic nitrogens is 1. The van der Waals surface area contributed by atoms with Crippen LogP contribution in [-0.2, 0) is 0 Å². The van der Waals surface area contributed by atoms with Crippen LogP contribution in [0.4, 0.5) is 5.69 Å². The van der Waals surface area contributed by atoms with E-state index < -0.39 is 11.9 Å². The number of nitrogens with zero attached hydrogens (tertiary/aromatic N) is 1. The lowest BCUT2D eigenvalue weighted by Crippen LogP contribution is -2.39. The second-order valence-corrected chi connectivity index (χ2v) is 10.7. The third-order valence-electron chi connectivity index (χ3n) is 6.92. The maximum absolute atomic E-state index is 12.6. The van der Waals surface area contributed by atoms with Gasteiger partial charge in [0.1, 0.15) is 27.6 Å². The molecule has 1 aliphatic carbocycles. The van der Waals surface area contributed by atoms with Crippen LogP contribution in [0.25, 0.3) is 0 Å². The summed E-state index contributed by atoms with van der Waals surface area (Å²) in [6, 6.07) is 23.0. The molecule has 3 N–H and O–H groups in total. The second kappa shape index (κ2) is 13.6. The summed E-state index contributed by atoms with van der Waals surface area (Å²) in [6.07, 6.45) is 3.19. The van der Waals surface area contributed by atoms with Crippen molar-refractivity contribution in [3.63, 3.8) is 0 Å². The van der Waals surface area contributed by atoms with Gasteiger partial charge in [-0.3, -0.25) is 9.59 Å². The Hall–Kier alpha value is -4.60. The first kappa shape index (κ1) is 29.9. The maximum Gasteiger partial charge on any atom is 0.337 e. The maximum atomic E-state index is 12.6. The summed E-state index contributed by atoms with van der Waals surface area (Å²) in [5, 5.41) is 15.3. The molecule has 4 aromatic rings. The molecule has 0 radical (unpaired) electrons. The molecule has 1 fully saturated rings. The number of rotatable bonds is 9. The number of amides is 2. The van der Waals surface area contributed by atoms with Crippen molar-refractivity contribution in [1.29, 1.82) is 0 Å². The van der Waals surface area contributed by atoms with Crippen LogP contribution in [0.2, 0.25) is 10.3 Å². The molecule has 220 valence electrons. The molecule has 11 heteroatoms. The van der Waals surface area contributed by atoms with Gasteiger partial charge in [-0.15, -0.1) is 0 Å². The lowest BCUT2D eigenvalue weighted by atomic mass is 9.92. The third kappa shape index (κ3) is 8.03. The molecule has 1 heterocycles. The van der Waals surface area contributed by atoms with E-state index >= 15 is 0 Å². The van der Waals surface area contributed by atoms with Gasteiger partial charge in [-0.2, -0.15) is 0 Å². The predicted octanol–water partition coefficient (Wildman–Crippen LogP) is 7.25. The molecule has 0 aliphatic heterocycles. The summed E-state index contributed by atoms with van der Waals surface area (Å²) < 4.78 is 12.1. The van der Waals surface area contributed by atoms with Crippen molar-refractivity contribution in [3.05, 3.63) is 112 Å². The molecule has 1 aliphatic rings. The molecule has 0 saturated heterocycles. The lowest BCUT2D eigenvalue weighted by molar-refractivity contribution is 0.0697. The number of hydrogen-bond donors (Lipinski definition) is 3. The Bertz CT molecular complexity index is 1600. The van der Waals surface area contributed by atoms with Gasteiger partial charge in [0.25, 0.3) is 11.8 Å². The van der Waals surface area contributed by atoms with E-state index in [0.717, 1.165) is 31.4 Å². The van der Waals surface area contributed by atoms with Crippen LogP contribution in [0.5, 0.6) is 17.2 Å². The van der Waals surface area contributed by atoms with Gasteiger partial charge in [-0.05, 0) is 98.5 Å². The van der Waals surface area contributed by atoms with Crippen LogP contribution >= 0.6 is 23.2 Å². The average molecular weight is 620 g/mol. The van der Waals surface area contributed by atoms with E-state index in [1.807, 2.05) is 12.1 Å². The number of carbonyl (C=O) groups excluding carboxylic acids is 2. The largest absolute Gasteiger partial charge is 0.490 e. The highest BCUT2D eigenvalue weighted by atomic mass is 35.5. The summed E-state index contributed by atoms with van der Waals surface area (Å²) in [5.41, 5.74) is 0.974. The van der Waals surface area contributed by atoms with Gasteiger partial charge >= 0.3 is 5.97 Å². The number of benzene rings is 3. The molecular formula is C32H27Cl2N3O6. The molecule has 0 spiro atoms. The highest BCUT2D eigenvalue weighted by Crippen LogP contribution is 2.28. The van der Waals surface area contributed by atoms with Gasteiger partial charge in [-0.1, -0.05) is 35.3 Å². The first-order valence-electron chi connectivity index (χ1n) is 13.6. The quantitative estimate of drug-likeness (QED) is 0.168. The number of para-hydroxylation sites is 1. The Kier molecular flexibility index (Phi) is 9.44. The van der Waals surface area contributed by atoms with Gasteiger partial charge in [0.2, 0.25) is 0 Å². The number of anilines is 1. The number of hydrogen-bond acceptors (Lipinski definition) is 6. The van der Waals surface area contributed by atoms with Gasteiger partial charge in [0.15, 0.2) is 0 Å². The minimum atomic E-state index is -1.12. The predicted molar refractivity (Wildman–Crippen MR) is 163 cm³/mol. The monoisotopic (exact) mass is 619 g/mol. The highest BCUT2D eigenvalue weighted by molar-refractivity contribution is 6.33. The Morgan fingerprint density at radius 1 is 0.744 bits per heavy atom. The van der Waals surface area contributed by atoms with Crippen molar-refractivity contribution in [2.45, 2.75) is 37.8 Å². The number of carboxylic acid groups (broad SMARTS) is 1. The van der Waals surface area contributed by atoms with E-state index in [2.05, 4.69) is 15.6 Å². The number of halogens is 2. The summed E-state index contributed by atoms with van der Waals surface area (Å²) in [5.74, 6) is 0.0708.